The van der Waals surface area contributed by atoms with Crippen molar-refractivity contribution in [2.45, 2.75) is 19.9 Å². The predicted molar refractivity (Wildman–Crippen MR) is 90.6 cm³/mol. The first-order chi connectivity index (χ1) is 11.8. The minimum absolute atomic E-state index is 0.202. The molecule has 0 aliphatic heterocycles. The molecular formula is C17H23N3O5. The SMILES string of the molecule is COC(=O)CNC(=O)[C@@H](NC(=O)CNC(=O)c1ccccc1)C(C)C. The Morgan fingerprint density at radius 2 is 1.64 bits per heavy atom. The molecule has 0 fully saturated rings. The summed E-state index contributed by atoms with van der Waals surface area (Å²) < 4.78 is 4.44. The molecule has 0 aliphatic carbocycles. The van der Waals surface area contributed by atoms with Crippen molar-refractivity contribution in [3.05, 3.63) is 35.9 Å². The minimum atomic E-state index is -0.828. The van der Waals surface area contributed by atoms with Crippen LogP contribution in [0.15, 0.2) is 30.3 Å². The third kappa shape index (κ3) is 7.03. The van der Waals surface area contributed by atoms with Gasteiger partial charge in [0.25, 0.3) is 5.91 Å². The van der Waals surface area contributed by atoms with Gasteiger partial charge in [-0.1, -0.05) is 32.0 Å². The molecule has 0 heterocycles. The van der Waals surface area contributed by atoms with Gasteiger partial charge in [-0.2, -0.15) is 0 Å². The van der Waals surface area contributed by atoms with Crippen LogP contribution < -0.4 is 16.0 Å². The van der Waals surface area contributed by atoms with E-state index in [-0.39, 0.29) is 24.9 Å². The van der Waals surface area contributed by atoms with Gasteiger partial charge in [-0.15, -0.1) is 0 Å². The first-order valence-electron chi connectivity index (χ1n) is 7.82. The van der Waals surface area contributed by atoms with Crippen LogP contribution in [0.3, 0.4) is 0 Å². The lowest BCUT2D eigenvalue weighted by atomic mass is 10.0. The molecule has 25 heavy (non-hydrogen) atoms. The maximum atomic E-state index is 12.1. The van der Waals surface area contributed by atoms with Gasteiger partial charge in [-0.25, -0.2) is 0 Å². The van der Waals surface area contributed by atoms with E-state index in [0.717, 1.165) is 0 Å². The molecule has 0 aliphatic rings. The van der Waals surface area contributed by atoms with Gasteiger partial charge < -0.3 is 20.7 Å². The Morgan fingerprint density at radius 3 is 2.20 bits per heavy atom. The van der Waals surface area contributed by atoms with E-state index in [0.29, 0.717) is 5.56 Å². The molecule has 0 spiro atoms. The van der Waals surface area contributed by atoms with Gasteiger partial charge in [0.2, 0.25) is 11.8 Å². The van der Waals surface area contributed by atoms with Crippen LogP contribution in [0.2, 0.25) is 0 Å². The number of benzene rings is 1. The van der Waals surface area contributed by atoms with E-state index in [1.54, 1.807) is 44.2 Å². The van der Waals surface area contributed by atoms with Gasteiger partial charge in [0.05, 0.1) is 13.7 Å². The van der Waals surface area contributed by atoms with E-state index >= 15 is 0 Å². The highest BCUT2D eigenvalue weighted by Gasteiger charge is 2.24. The summed E-state index contributed by atoms with van der Waals surface area (Å²) in [7, 11) is 1.21. The number of hydrogen-bond donors (Lipinski definition) is 3. The number of esters is 1. The summed E-state index contributed by atoms with van der Waals surface area (Å²) in [5, 5.41) is 7.43. The average molecular weight is 349 g/mol. The molecule has 1 rings (SSSR count). The quantitative estimate of drug-likeness (QED) is 0.565. The van der Waals surface area contributed by atoms with Crippen molar-refractivity contribution in [2.75, 3.05) is 20.2 Å². The molecule has 0 aromatic heterocycles. The molecule has 1 atom stereocenters. The van der Waals surface area contributed by atoms with Crippen LogP contribution in [-0.2, 0) is 19.1 Å². The van der Waals surface area contributed by atoms with E-state index in [4.69, 9.17) is 0 Å². The average Bonchev–Trinajstić information content (AvgIpc) is 2.62. The molecule has 1 aromatic carbocycles. The largest absolute Gasteiger partial charge is 0.468 e. The van der Waals surface area contributed by atoms with Crippen LogP contribution in [0.1, 0.15) is 24.2 Å². The van der Waals surface area contributed by atoms with E-state index in [9.17, 15) is 19.2 Å². The number of rotatable bonds is 8. The smallest absolute Gasteiger partial charge is 0.325 e. The van der Waals surface area contributed by atoms with Gasteiger partial charge in [-0.05, 0) is 18.1 Å². The Hall–Kier alpha value is -2.90. The van der Waals surface area contributed by atoms with Crippen LogP contribution in [-0.4, -0.2) is 49.9 Å². The summed E-state index contributed by atoms with van der Waals surface area (Å²) in [5.74, 6) is -2.17. The van der Waals surface area contributed by atoms with Gasteiger partial charge in [0.1, 0.15) is 12.6 Å². The summed E-state index contributed by atoms with van der Waals surface area (Å²) in [4.78, 5) is 47.0. The van der Waals surface area contributed by atoms with Crippen molar-refractivity contribution in [1.29, 1.82) is 0 Å². The van der Waals surface area contributed by atoms with Crippen LogP contribution in [0.25, 0.3) is 0 Å². The molecule has 8 heteroatoms. The number of hydrogen-bond acceptors (Lipinski definition) is 5. The molecule has 136 valence electrons. The lowest BCUT2D eigenvalue weighted by Gasteiger charge is -2.21. The number of amides is 3. The molecule has 1 aromatic rings. The minimum Gasteiger partial charge on any atom is -0.468 e. The van der Waals surface area contributed by atoms with Crippen LogP contribution >= 0.6 is 0 Å². The Kier molecular flexibility index (Phi) is 8.11. The fourth-order valence-corrected chi connectivity index (χ4v) is 1.95. The van der Waals surface area contributed by atoms with E-state index < -0.39 is 23.8 Å². The Labute approximate surface area is 146 Å². The first kappa shape index (κ1) is 20.1. The lowest BCUT2D eigenvalue weighted by Crippen LogP contribution is -2.52. The number of carbonyl (C=O) groups excluding carboxylic acids is 4. The second kappa shape index (κ2) is 10.1. The van der Waals surface area contributed by atoms with E-state index in [1.807, 2.05) is 0 Å². The highest BCUT2D eigenvalue weighted by atomic mass is 16.5. The summed E-state index contributed by atoms with van der Waals surface area (Å²) in [6.07, 6.45) is 0. The maximum Gasteiger partial charge on any atom is 0.325 e. The van der Waals surface area contributed by atoms with Crippen molar-refractivity contribution in [3.8, 4) is 0 Å². The van der Waals surface area contributed by atoms with Crippen LogP contribution in [0, 0.1) is 5.92 Å². The fourth-order valence-electron chi connectivity index (χ4n) is 1.95. The zero-order valence-corrected chi connectivity index (χ0v) is 14.5. The molecule has 0 bridgehead atoms. The van der Waals surface area contributed by atoms with Crippen LogP contribution in [0.4, 0.5) is 0 Å². The second-order valence-electron chi connectivity index (χ2n) is 5.63. The summed E-state index contributed by atoms with van der Waals surface area (Å²) in [6, 6.07) is 7.65. The predicted octanol–water partition coefficient (Wildman–Crippen LogP) is -0.154. The molecule has 3 N–H and O–H groups in total. The highest BCUT2D eigenvalue weighted by Crippen LogP contribution is 2.02. The maximum absolute atomic E-state index is 12.1. The van der Waals surface area contributed by atoms with Gasteiger partial charge in [0.15, 0.2) is 0 Å². The molecule has 0 saturated heterocycles. The number of ether oxygens (including phenoxy) is 1. The van der Waals surface area contributed by atoms with E-state index in [2.05, 4.69) is 20.7 Å². The number of carbonyl (C=O) groups is 4. The summed E-state index contributed by atoms with van der Waals surface area (Å²) in [6.45, 7) is 2.97. The zero-order chi connectivity index (χ0) is 18.8. The van der Waals surface area contributed by atoms with Gasteiger partial charge >= 0.3 is 5.97 Å². The van der Waals surface area contributed by atoms with Crippen molar-refractivity contribution < 1.29 is 23.9 Å². The zero-order valence-electron chi connectivity index (χ0n) is 14.5. The van der Waals surface area contributed by atoms with Gasteiger partial charge in [0, 0.05) is 5.56 Å². The Bertz CT molecular complexity index is 616. The number of nitrogens with one attached hydrogen (secondary N) is 3. The van der Waals surface area contributed by atoms with Crippen molar-refractivity contribution in [2.24, 2.45) is 5.92 Å². The van der Waals surface area contributed by atoms with Crippen LogP contribution in [0.5, 0.6) is 0 Å². The summed E-state index contributed by atoms with van der Waals surface area (Å²) in [5.41, 5.74) is 0.437. The monoisotopic (exact) mass is 349 g/mol. The molecule has 3 amide bonds. The topological polar surface area (TPSA) is 114 Å². The highest BCUT2D eigenvalue weighted by molar-refractivity contribution is 5.97. The molecule has 8 nitrogen and oxygen atoms in total. The second-order valence-corrected chi connectivity index (χ2v) is 5.63. The molecule has 0 unspecified atom stereocenters. The van der Waals surface area contributed by atoms with Crippen molar-refractivity contribution >= 4 is 23.7 Å². The first-order valence-corrected chi connectivity index (χ1v) is 7.82. The standard InChI is InChI=1S/C17H23N3O5/c1-11(2)15(17(24)19-10-14(22)25-3)20-13(21)9-18-16(23)12-7-5-4-6-8-12/h4-8,11,15H,9-10H2,1-3H3,(H,18,23)(H,19,24)(H,20,21)/t15-/m0/s1. The molecule has 0 saturated carbocycles. The summed E-state index contributed by atoms with van der Waals surface area (Å²) >= 11 is 0. The lowest BCUT2D eigenvalue weighted by molar-refractivity contribution is -0.141. The van der Waals surface area contributed by atoms with E-state index in [1.165, 1.54) is 7.11 Å². The number of methoxy groups -OCH3 is 1. The van der Waals surface area contributed by atoms with Crippen molar-refractivity contribution in [3.63, 3.8) is 0 Å². The molecular weight excluding hydrogens is 326 g/mol. The Morgan fingerprint density at radius 1 is 1.00 bits per heavy atom. The fraction of sp³-hybridized carbons (Fsp3) is 0.412. The third-order valence-corrected chi connectivity index (χ3v) is 3.35. The normalized spacial score (nSPS) is 11.4. The van der Waals surface area contributed by atoms with Gasteiger partial charge in [-0.3, -0.25) is 19.2 Å². The van der Waals surface area contributed by atoms with Crippen molar-refractivity contribution in [1.82, 2.24) is 16.0 Å². The third-order valence-electron chi connectivity index (χ3n) is 3.35. The Balaban J connectivity index is 2.51. The molecule has 0 radical (unpaired) electrons.